The summed E-state index contributed by atoms with van der Waals surface area (Å²) in [5, 5.41) is 7.70. The van der Waals surface area contributed by atoms with Crippen LogP contribution in [-0.2, 0) is 11.4 Å². The molecule has 7 nitrogen and oxygen atoms in total. The van der Waals surface area contributed by atoms with Gasteiger partial charge in [0.2, 0.25) is 5.91 Å². The molecule has 204 valence electrons. The highest BCUT2D eigenvalue weighted by molar-refractivity contribution is 6.31. The Morgan fingerprint density at radius 2 is 1.57 bits per heavy atom. The molecule has 0 aliphatic rings. The van der Waals surface area contributed by atoms with E-state index in [1.54, 1.807) is 36.4 Å². The molecule has 40 heavy (non-hydrogen) atoms. The van der Waals surface area contributed by atoms with Gasteiger partial charge in [-0.05, 0) is 54.4 Å². The number of hydrazone groups is 1. The Morgan fingerprint density at radius 3 is 2.30 bits per heavy atom. The maximum atomic E-state index is 12.8. The average Bonchev–Trinajstić information content (AvgIpc) is 2.98. The Balaban J connectivity index is 1.39. The first kappa shape index (κ1) is 28.4. The van der Waals surface area contributed by atoms with Gasteiger partial charge in [0.05, 0.1) is 25.3 Å². The van der Waals surface area contributed by atoms with Crippen LogP contribution in [0.4, 0.5) is 0 Å². The number of rotatable bonds is 12. The van der Waals surface area contributed by atoms with Crippen molar-refractivity contribution in [1.29, 1.82) is 0 Å². The number of hydrogen-bond acceptors (Lipinski definition) is 5. The SMILES string of the molecule is CCOc1cc(/C=N\NC(=O)C[C@@H](NC(=O)c2ccccc2)c2ccccc2)ccc1OCc1ccccc1Cl. The molecular formula is C32H30ClN3O4. The number of nitrogens with zero attached hydrogens (tertiary/aromatic N) is 1. The number of benzene rings is 4. The summed E-state index contributed by atoms with van der Waals surface area (Å²) in [5.74, 6) is 0.523. The third kappa shape index (κ3) is 8.19. The number of hydrogen-bond donors (Lipinski definition) is 2. The molecule has 4 rings (SSSR count). The number of carbonyl (C=O) groups is 2. The van der Waals surface area contributed by atoms with Crippen LogP contribution in [0.25, 0.3) is 0 Å². The van der Waals surface area contributed by atoms with E-state index in [1.807, 2.05) is 73.7 Å². The Morgan fingerprint density at radius 1 is 0.875 bits per heavy atom. The Bertz CT molecular complexity index is 1450. The lowest BCUT2D eigenvalue weighted by molar-refractivity contribution is -0.121. The van der Waals surface area contributed by atoms with Gasteiger partial charge >= 0.3 is 0 Å². The standard InChI is InChI=1S/C32H30ClN3O4/c1-2-39-30-19-23(17-18-29(30)40-22-26-15-9-10-16-27(26)33)21-34-36-31(37)20-28(24-11-5-3-6-12-24)35-32(38)25-13-7-4-8-14-25/h3-19,21,28H,2,20,22H2,1H3,(H,35,38)(H,36,37)/b34-21-/t28-/m1/s1. The molecule has 2 N–H and O–H groups in total. The van der Waals surface area contributed by atoms with Gasteiger partial charge in [-0.2, -0.15) is 5.10 Å². The Hall–Kier alpha value is -4.62. The molecule has 4 aromatic carbocycles. The van der Waals surface area contributed by atoms with Crippen LogP contribution in [0.1, 0.15) is 46.4 Å². The number of amides is 2. The van der Waals surface area contributed by atoms with Crippen molar-refractivity contribution in [3.05, 3.63) is 130 Å². The molecule has 8 heteroatoms. The zero-order chi connectivity index (χ0) is 28.2. The minimum atomic E-state index is -0.525. The van der Waals surface area contributed by atoms with Crippen molar-refractivity contribution >= 4 is 29.6 Å². The highest BCUT2D eigenvalue weighted by Gasteiger charge is 2.19. The second kappa shape index (κ2) is 14.5. The Labute approximate surface area is 238 Å². The molecule has 0 spiro atoms. The maximum Gasteiger partial charge on any atom is 0.251 e. The lowest BCUT2D eigenvalue weighted by Crippen LogP contribution is -2.32. The van der Waals surface area contributed by atoms with Gasteiger partial charge in [-0.1, -0.05) is 78.3 Å². The predicted octanol–water partition coefficient (Wildman–Crippen LogP) is 6.33. The minimum absolute atomic E-state index is 0.0128. The van der Waals surface area contributed by atoms with Crippen molar-refractivity contribution in [3.8, 4) is 11.5 Å². The summed E-state index contributed by atoms with van der Waals surface area (Å²) in [6, 6.07) is 30.6. The molecule has 0 unspecified atom stereocenters. The highest BCUT2D eigenvalue weighted by atomic mass is 35.5. The molecule has 1 atom stereocenters. The van der Waals surface area contributed by atoms with Crippen molar-refractivity contribution in [2.75, 3.05) is 6.61 Å². The van der Waals surface area contributed by atoms with Gasteiger partial charge in [0.25, 0.3) is 5.91 Å². The predicted molar refractivity (Wildman–Crippen MR) is 157 cm³/mol. The van der Waals surface area contributed by atoms with Gasteiger partial charge < -0.3 is 14.8 Å². The number of halogens is 1. The third-order valence-corrected chi connectivity index (χ3v) is 6.31. The largest absolute Gasteiger partial charge is 0.490 e. The molecule has 0 fully saturated rings. The highest BCUT2D eigenvalue weighted by Crippen LogP contribution is 2.29. The van der Waals surface area contributed by atoms with Gasteiger partial charge in [-0.3, -0.25) is 9.59 Å². The van der Waals surface area contributed by atoms with Crippen LogP contribution in [0.3, 0.4) is 0 Å². The first-order valence-electron chi connectivity index (χ1n) is 12.9. The number of carbonyl (C=O) groups excluding carboxylic acids is 2. The van der Waals surface area contributed by atoms with Crippen LogP contribution in [0.5, 0.6) is 11.5 Å². The molecule has 0 bridgehead atoms. The smallest absolute Gasteiger partial charge is 0.251 e. The molecule has 0 heterocycles. The quantitative estimate of drug-likeness (QED) is 0.158. The van der Waals surface area contributed by atoms with Gasteiger partial charge in [-0.25, -0.2) is 5.43 Å². The van der Waals surface area contributed by atoms with Crippen molar-refractivity contribution in [1.82, 2.24) is 10.7 Å². The summed E-state index contributed by atoms with van der Waals surface area (Å²) >= 11 is 6.23. The summed E-state index contributed by atoms with van der Waals surface area (Å²) in [7, 11) is 0. The summed E-state index contributed by atoms with van der Waals surface area (Å²) < 4.78 is 11.7. The maximum absolute atomic E-state index is 12.8. The molecule has 0 aliphatic carbocycles. The van der Waals surface area contributed by atoms with Crippen molar-refractivity contribution in [3.63, 3.8) is 0 Å². The first-order chi connectivity index (χ1) is 19.5. The fourth-order valence-electron chi connectivity index (χ4n) is 3.94. The average molecular weight is 556 g/mol. The van der Waals surface area contributed by atoms with E-state index in [9.17, 15) is 9.59 Å². The van der Waals surface area contributed by atoms with Gasteiger partial charge in [0.15, 0.2) is 11.5 Å². The molecule has 0 saturated heterocycles. The number of ether oxygens (including phenoxy) is 2. The van der Waals surface area contributed by atoms with Gasteiger partial charge in [0.1, 0.15) is 6.61 Å². The monoisotopic (exact) mass is 555 g/mol. The van der Waals surface area contributed by atoms with Crippen LogP contribution in [0.2, 0.25) is 5.02 Å². The third-order valence-electron chi connectivity index (χ3n) is 5.94. The minimum Gasteiger partial charge on any atom is -0.490 e. The van der Waals surface area contributed by atoms with Gasteiger partial charge in [0, 0.05) is 16.1 Å². The van der Waals surface area contributed by atoms with E-state index in [0.717, 1.165) is 11.1 Å². The topological polar surface area (TPSA) is 89.0 Å². The van der Waals surface area contributed by atoms with Crippen molar-refractivity contribution < 1.29 is 19.1 Å². The lowest BCUT2D eigenvalue weighted by Gasteiger charge is -2.18. The van der Waals surface area contributed by atoms with Crippen LogP contribution < -0.4 is 20.2 Å². The van der Waals surface area contributed by atoms with Gasteiger partial charge in [-0.15, -0.1) is 0 Å². The number of nitrogens with one attached hydrogen (secondary N) is 2. The van der Waals surface area contributed by atoms with E-state index < -0.39 is 6.04 Å². The summed E-state index contributed by atoms with van der Waals surface area (Å²) in [5.41, 5.74) is 5.48. The fourth-order valence-corrected chi connectivity index (χ4v) is 4.13. The molecule has 0 radical (unpaired) electrons. The fraction of sp³-hybridized carbons (Fsp3) is 0.156. The van der Waals surface area contributed by atoms with Crippen molar-refractivity contribution in [2.45, 2.75) is 26.0 Å². The van der Waals surface area contributed by atoms with E-state index in [0.29, 0.717) is 40.9 Å². The van der Waals surface area contributed by atoms with Crippen LogP contribution >= 0.6 is 11.6 Å². The lowest BCUT2D eigenvalue weighted by atomic mass is 10.0. The van der Waals surface area contributed by atoms with Crippen molar-refractivity contribution in [2.24, 2.45) is 5.10 Å². The van der Waals surface area contributed by atoms with Crippen LogP contribution in [0, 0.1) is 0 Å². The van der Waals surface area contributed by atoms with E-state index in [2.05, 4.69) is 15.8 Å². The van der Waals surface area contributed by atoms with Crippen LogP contribution in [0.15, 0.2) is 108 Å². The molecular weight excluding hydrogens is 526 g/mol. The summed E-state index contributed by atoms with van der Waals surface area (Å²) in [6.07, 6.45) is 1.54. The molecule has 0 aromatic heterocycles. The zero-order valence-corrected chi connectivity index (χ0v) is 22.8. The van der Waals surface area contributed by atoms with E-state index in [-0.39, 0.29) is 18.2 Å². The first-order valence-corrected chi connectivity index (χ1v) is 13.3. The van der Waals surface area contributed by atoms with E-state index in [1.165, 1.54) is 6.21 Å². The second-order valence-electron chi connectivity index (χ2n) is 8.82. The van der Waals surface area contributed by atoms with E-state index >= 15 is 0 Å². The molecule has 2 amide bonds. The summed E-state index contributed by atoms with van der Waals surface area (Å²) in [6.45, 7) is 2.64. The Kier molecular flexibility index (Phi) is 10.3. The second-order valence-corrected chi connectivity index (χ2v) is 9.23. The molecule has 0 aliphatic heterocycles. The normalized spacial score (nSPS) is 11.6. The molecule has 4 aromatic rings. The molecule has 0 saturated carbocycles. The zero-order valence-electron chi connectivity index (χ0n) is 22.0. The van der Waals surface area contributed by atoms with Crippen LogP contribution in [-0.4, -0.2) is 24.6 Å². The summed E-state index contributed by atoms with van der Waals surface area (Å²) in [4.78, 5) is 25.5. The van der Waals surface area contributed by atoms with E-state index in [4.69, 9.17) is 21.1 Å².